The van der Waals surface area contributed by atoms with Gasteiger partial charge in [-0.3, -0.25) is 4.79 Å². The molecule has 0 saturated carbocycles. The van der Waals surface area contributed by atoms with Crippen molar-refractivity contribution in [2.24, 2.45) is 0 Å². The molecule has 1 rings (SSSR count). The molecule has 0 unspecified atom stereocenters. The molecule has 0 saturated heterocycles. The summed E-state index contributed by atoms with van der Waals surface area (Å²) in [4.78, 5) is 12.6. The van der Waals surface area contributed by atoms with Gasteiger partial charge in [0.05, 0.1) is 6.61 Å². The van der Waals surface area contributed by atoms with Crippen LogP contribution in [0.4, 0.5) is 0 Å². The van der Waals surface area contributed by atoms with Crippen LogP contribution in [-0.2, 0) is 4.79 Å². The van der Waals surface area contributed by atoms with E-state index >= 15 is 0 Å². The number of nitrogens with zero attached hydrogens (tertiary/aromatic N) is 1. The van der Waals surface area contributed by atoms with Crippen molar-refractivity contribution in [3.63, 3.8) is 0 Å². The molecular weight excluding hydrogens is 190 g/mol. The van der Waals surface area contributed by atoms with Crippen molar-refractivity contribution in [3.8, 4) is 5.75 Å². The lowest BCUT2D eigenvalue weighted by atomic mass is 10.3. The molecular formula is C12H16NO2. The number of ether oxygens (including phenoxy) is 1. The maximum atomic E-state index is 10.9. The fraction of sp³-hybridized carbons (Fsp3) is 0.417. The molecule has 3 heteroatoms. The third kappa shape index (κ3) is 4.49. The van der Waals surface area contributed by atoms with E-state index in [1.54, 1.807) is 18.9 Å². The van der Waals surface area contributed by atoms with Crippen LogP contribution < -0.4 is 4.74 Å². The smallest absolute Gasteiger partial charge is 0.219 e. The number of hydrogen-bond donors (Lipinski definition) is 0. The predicted molar refractivity (Wildman–Crippen MR) is 58.7 cm³/mol. The molecule has 0 N–H and O–H groups in total. The first kappa shape index (κ1) is 11.6. The normalized spacial score (nSPS) is 9.73. The van der Waals surface area contributed by atoms with Gasteiger partial charge in [-0.1, -0.05) is 12.1 Å². The molecule has 0 heterocycles. The second-order valence-electron chi connectivity index (χ2n) is 3.38. The molecule has 0 spiro atoms. The van der Waals surface area contributed by atoms with Gasteiger partial charge in [-0.2, -0.15) is 0 Å². The average Bonchev–Trinajstić information content (AvgIpc) is 2.25. The van der Waals surface area contributed by atoms with Crippen molar-refractivity contribution < 1.29 is 9.53 Å². The van der Waals surface area contributed by atoms with Crippen LogP contribution in [0.2, 0.25) is 0 Å². The van der Waals surface area contributed by atoms with Crippen LogP contribution >= 0.6 is 0 Å². The Morgan fingerprint density at radius 2 is 2.13 bits per heavy atom. The zero-order chi connectivity index (χ0) is 11.1. The fourth-order valence-corrected chi connectivity index (χ4v) is 1.12. The van der Waals surface area contributed by atoms with Crippen LogP contribution in [0.3, 0.4) is 0 Å². The lowest BCUT2D eigenvalue weighted by Crippen LogP contribution is -2.25. The summed E-state index contributed by atoms with van der Waals surface area (Å²) in [6, 6.07) is 10.3. The van der Waals surface area contributed by atoms with Gasteiger partial charge in [0.1, 0.15) is 5.75 Å². The molecule has 0 fully saturated rings. The zero-order valence-electron chi connectivity index (χ0n) is 9.19. The van der Waals surface area contributed by atoms with Crippen molar-refractivity contribution in [3.05, 3.63) is 30.3 Å². The molecule has 1 radical (unpaired) electrons. The maximum Gasteiger partial charge on any atom is 0.219 e. The third-order valence-electron chi connectivity index (χ3n) is 2.13. The third-order valence-corrected chi connectivity index (χ3v) is 2.13. The molecule has 1 amide bonds. The van der Waals surface area contributed by atoms with Crippen molar-refractivity contribution in [1.29, 1.82) is 0 Å². The number of hydrogen-bond acceptors (Lipinski definition) is 2. The van der Waals surface area contributed by atoms with E-state index in [1.165, 1.54) is 0 Å². The number of carbonyl (C=O) groups is 1. The van der Waals surface area contributed by atoms with E-state index in [9.17, 15) is 4.79 Å². The zero-order valence-corrected chi connectivity index (χ0v) is 9.19. The van der Waals surface area contributed by atoms with Gasteiger partial charge >= 0.3 is 0 Å². The second-order valence-corrected chi connectivity index (χ2v) is 3.38. The number of rotatable bonds is 5. The first-order valence-electron chi connectivity index (χ1n) is 5.01. The summed E-state index contributed by atoms with van der Waals surface area (Å²) in [5.41, 5.74) is 0. The van der Waals surface area contributed by atoms with Gasteiger partial charge in [0.2, 0.25) is 5.91 Å². The standard InChI is InChI=1S/C12H16NO2/c1-11(14)13(2)9-6-10-15-12-7-4-3-5-8-12/h4-5,7-8H,6,9-10H2,1-2H3. The minimum atomic E-state index is 0.0873. The molecule has 0 bridgehead atoms. The highest BCUT2D eigenvalue weighted by molar-refractivity contribution is 5.72. The largest absolute Gasteiger partial charge is 0.494 e. The van der Waals surface area contributed by atoms with Gasteiger partial charge in [0.15, 0.2) is 0 Å². The van der Waals surface area contributed by atoms with Crippen LogP contribution in [-0.4, -0.2) is 31.0 Å². The van der Waals surface area contributed by atoms with Gasteiger partial charge in [0, 0.05) is 20.5 Å². The van der Waals surface area contributed by atoms with Crippen LogP contribution in [0.25, 0.3) is 0 Å². The van der Waals surface area contributed by atoms with Gasteiger partial charge in [0.25, 0.3) is 0 Å². The van der Waals surface area contributed by atoms with E-state index < -0.39 is 0 Å². The summed E-state index contributed by atoms with van der Waals surface area (Å²) in [6.45, 7) is 2.92. The molecule has 0 aliphatic rings. The van der Waals surface area contributed by atoms with E-state index in [-0.39, 0.29) is 5.91 Å². The highest BCUT2D eigenvalue weighted by atomic mass is 16.5. The van der Waals surface area contributed by atoms with E-state index in [2.05, 4.69) is 6.07 Å². The minimum absolute atomic E-state index is 0.0873. The van der Waals surface area contributed by atoms with E-state index in [0.29, 0.717) is 6.61 Å². The number of amides is 1. The molecule has 0 atom stereocenters. The summed E-state index contributed by atoms with van der Waals surface area (Å²) < 4.78 is 5.48. The highest BCUT2D eigenvalue weighted by Gasteiger charge is 2.00. The summed E-state index contributed by atoms with van der Waals surface area (Å²) in [6.07, 6.45) is 0.842. The van der Waals surface area contributed by atoms with Crippen molar-refractivity contribution in [2.45, 2.75) is 13.3 Å². The molecule has 0 aliphatic heterocycles. The van der Waals surface area contributed by atoms with Crippen LogP contribution in [0.5, 0.6) is 5.75 Å². The summed E-state index contributed by atoms with van der Waals surface area (Å²) >= 11 is 0. The Labute approximate surface area is 90.7 Å². The van der Waals surface area contributed by atoms with Crippen LogP contribution in [0.1, 0.15) is 13.3 Å². The van der Waals surface area contributed by atoms with Gasteiger partial charge in [-0.05, 0) is 24.6 Å². The molecule has 15 heavy (non-hydrogen) atoms. The highest BCUT2D eigenvalue weighted by Crippen LogP contribution is 2.07. The van der Waals surface area contributed by atoms with Crippen molar-refractivity contribution >= 4 is 5.91 Å². The Morgan fingerprint density at radius 1 is 1.47 bits per heavy atom. The predicted octanol–water partition coefficient (Wildman–Crippen LogP) is 1.73. The Kier molecular flexibility index (Phi) is 4.68. The van der Waals surface area contributed by atoms with E-state index in [0.717, 1.165) is 18.7 Å². The Balaban J connectivity index is 2.15. The SMILES string of the molecule is CC(=O)N(C)CCCOc1cc[c]cc1. The average molecular weight is 206 g/mol. The van der Waals surface area contributed by atoms with Crippen molar-refractivity contribution in [1.82, 2.24) is 4.90 Å². The molecule has 1 aromatic carbocycles. The number of benzene rings is 1. The Morgan fingerprint density at radius 3 is 2.73 bits per heavy atom. The molecule has 0 aromatic heterocycles. The first-order chi connectivity index (χ1) is 7.20. The molecule has 0 aliphatic carbocycles. The maximum absolute atomic E-state index is 10.9. The number of carbonyl (C=O) groups excluding carboxylic acids is 1. The van der Waals surface area contributed by atoms with Crippen molar-refractivity contribution in [2.75, 3.05) is 20.2 Å². The topological polar surface area (TPSA) is 29.5 Å². The quantitative estimate of drug-likeness (QED) is 0.687. The monoisotopic (exact) mass is 206 g/mol. The lowest BCUT2D eigenvalue weighted by Gasteiger charge is -2.14. The Hall–Kier alpha value is -1.51. The van der Waals surface area contributed by atoms with Crippen LogP contribution in [0.15, 0.2) is 24.3 Å². The molecule has 81 valence electrons. The molecule has 1 aromatic rings. The second kappa shape index (κ2) is 6.06. The van der Waals surface area contributed by atoms with Gasteiger partial charge < -0.3 is 9.64 Å². The summed E-state index contributed by atoms with van der Waals surface area (Å²) in [5, 5.41) is 0. The van der Waals surface area contributed by atoms with Gasteiger partial charge in [-0.15, -0.1) is 0 Å². The Bertz CT molecular complexity index is 298. The lowest BCUT2D eigenvalue weighted by molar-refractivity contribution is -0.127. The van der Waals surface area contributed by atoms with Crippen LogP contribution in [0, 0.1) is 6.07 Å². The molecule has 3 nitrogen and oxygen atoms in total. The summed E-state index contributed by atoms with van der Waals surface area (Å²) in [5.74, 6) is 0.934. The summed E-state index contributed by atoms with van der Waals surface area (Å²) in [7, 11) is 1.79. The van der Waals surface area contributed by atoms with Gasteiger partial charge in [-0.25, -0.2) is 0 Å². The van der Waals surface area contributed by atoms with E-state index in [1.807, 2.05) is 24.3 Å². The first-order valence-corrected chi connectivity index (χ1v) is 5.01. The fourth-order valence-electron chi connectivity index (χ4n) is 1.12. The minimum Gasteiger partial charge on any atom is -0.494 e. The van der Waals surface area contributed by atoms with E-state index in [4.69, 9.17) is 4.74 Å².